The Bertz CT molecular complexity index is 547. The van der Waals surface area contributed by atoms with Crippen molar-refractivity contribution in [2.45, 2.75) is 33.7 Å². The van der Waals surface area contributed by atoms with Crippen LogP contribution in [-0.4, -0.2) is 13.7 Å². The van der Waals surface area contributed by atoms with Crippen molar-refractivity contribution in [3.8, 4) is 17.6 Å². The monoisotopic (exact) mass is 289 g/mol. The lowest BCUT2D eigenvalue weighted by Gasteiger charge is -2.14. The third kappa shape index (κ3) is 6.46. The first-order valence-corrected chi connectivity index (χ1v) is 7.08. The molecule has 0 spiro atoms. The number of hydrogen-bond acceptors (Lipinski definition) is 2. The molecule has 0 aliphatic rings. The number of benzene rings is 1. The number of rotatable bonds is 5. The van der Waals surface area contributed by atoms with E-state index < -0.39 is 0 Å². The van der Waals surface area contributed by atoms with Crippen molar-refractivity contribution in [3.63, 3.8) is 0 Å². The summed E-state index contributed by atoms with van der Waals surface area (Å²) in [6.07, 6.45) is 3.84. The lowest BCUT2D eigenvalue weighted by Crippen LogP contribution is -2.18. The van der Waals surface area contributed by atoms with E-state index >= 15 is 0 Å². The fourth-order valence-corrected chi connectivity index (χ4v) is 1.68. The van der Waals surface area contributed by atoms with Crippen molar-refractivity contribution < 1.29 is 9.13 Å². The molecule has 0 fully saturated rings. The van der Waals surface area contributed by atoms with Gasteiger partial charge in [0.25, 0.3) is 0 Å². The van der Waals surface area contributed by atoms with E-state index in [0.717, 1.165) is 5.56 Å². The number of hydrogen-bond donors (Lipinski definition) is 1. The van der Waals surface area contributed by atoms with E-state index in [2.05, 4.69) is 37.9 Å². The van der Waals surface area contributed by atoms with Gasteiger partial charge in [0.1, 0.15) is 0 Å². The van der Waals surface area contributed by atoms with Crippen LogP contribution in [0, 0.1) is 23.1 Å². The summed E-state index contributed by atoms with van der Waals surface area (Å²) in [5, 5.41) is 3.33. The van der Waals surface area contributed by atoms with E-state index in [0.29, 0.717) is 6.54 Å². The Kier molecular flexibility index (Phi) is 6.45. The molecule has 0 bridgehead atoms. The summed E-state index contributed by atoms with van der Waals surface area (Å²) in [4.78, 5) is 0. The first kappa shape index (κ1) is 17.3. The Balaban J connectivity index is 2.52. The first-order valence-electron chi connectivity index (χ1n) is 7.08. The average Bonchev–Trinajstić information content (AvgIpc) is 2.41. The Hall–Kier alpha value is -1.79. The molecular weight excluding hydrogens is 265 g/mol. The van der Waals surface area contributed by atoms with Crippen LogP contribution in [0.25, 0.3) is 0 Å². The van der Waals surface area contributed by atoms with Gasteiger partial charge in [-0.2, -0.15) is 0 Å². The van der Waals surface area contributed by atoms with Crippen molar-refractivity contribution in [1.29, 1.82) is 0 Å². The van der Waals surface area contributed by atoms with Gasteiger partial charge in [-0.15, -0.1) is 0 Å². The summed E-state index contributed by atoms with van der Waals surface area (Å²) in [7, 11) is 1.47. The highest BCUT2D eigenvalue weighted by Gasteiger charge is 2.08. The minimum atomic E-state index is -0.342. The van der Waals surface area contributed by atoms with Crippen molar-refractivity contribution >= 4 is 0 Å². The molecule has 1 aromatic carbocycles. The van der Waals surface area contributed by atoms with Gasteiger partial charge in [-0.05, 0) is 51.5 Å². The number of ether oxygens (including phenoxy) is 1. The number of methoxy groups -OCH3 is 1. The largest absolute Gasteiger partial charge is 0.494 e. The highest BCUT2D eigenvalue weighted by atomic mass is 19.1. The smallest absolute Gasteiger partial charge is 0.165 e. The van der Waals surface area contributed by atoms with Crippen molar-refractivity contribution in [3.05, 3.63) is 41.7 Å². The Morgan fingerprint density at radius 2 is 2.10 bits per heavy atom. The topological polar surface area (TPSA) is 21.3 Å². The van der Waals surface area contributed by atoms with Crippen LogP contribution in [0.3, 0.4) is 0 Å². The molecule has 1 atom stereocenters. The van der Waals surface area contributed by atoms with E-state index in [1.54, 1.807) is 12.1 Å². The summed E-state index contributed by atoms with van der Waals surface area (Å²) in [5.41, 5.74) is 1.01. The Morgan fingerprint density at radius 1 is 1.38 bits per heavy atom. The number of halogens is 1. The first-order chi connectivity index (χ1) is 9.83. The van der Waals surface area contributed by atoms with Crippen LogP contribution in [0.1, 0.15) is 39.3 Å². The highest BCUT2D eigenvalue weighted by molar-refractivity contribution is 5.32. The van der Waals surface area contributed by atoms with E-state index in [1.807, 2.05) is 19.1 Å². The quantitative estimate of drug-likeness (QED) is 0.824. The molecule has 0 saturated heterocycles. The minimum absolute atomic E-state index is 0.0235. The third-order valence-electron chi connectivity index (χ3n) is 2.87. The second-order valence-corrected chi connectivity index (χ2v) is 5.95. The van der Waals surface area contributed by atoms with Crippen molar-refractivity contribution in [2.24, 2.45) is 5.41 Å². The van der Waals surface area contributed by atoms with Gasteiger partial charge in [0.05, 0.1) is 7.11 Å². The number of allylic oxidation sites excluding steroid dienone is 1. The van der Waals surface area contributed by atoms with Crippen LogP contribution in [-0.2, 0) is 0 Å². The summed E-state index contributed by atoms with van der Waals surface area (Å²) in [6.45, 7) is 8.98. The molecule has 0 amide bonds. The standard InChI is InChI=1S/C18H24FNO/c1-14(15-9-10-16(19)17(13-15)21-5)20-12-8-6-7-11-18(2,3)4/h6,8-10,13-14,20H,12H2,1-5H3/t14-/m1/s1. The molecule has 3 heteroatoms. The molecule has 1 N–H and O–H groups in total. The zero-order chi connectivity index (χ0) is 15.9. The maximum absolute atomic E-state index is 13.3. The second kappa shape index (κ2) is 7.85. The maximum Gasteiger partial charge on any atom is 0.165 e. The van der Waals surface area contributed by atoms with Crippen LogP contribution in [0.5, 0.6) is 5.75 Å². The van der Waals surface area contributed by atoms with Crippen LogP contribution in [0.15, 0.2) is 30.4 Å². The van der Waals surface area contributed by atoms with Gasteiger partial charge in [-0.3, -0.25) is 0 Å². The molecule has 21 heavy (non-hydrogen) atoms. The average molecular weight is 289 g/mol. The van der Waals surface area contributed by atoms with Crippen LogP contribution >= 0.6 is 0 Å². The SMILES string of the molecule is COc1cc([C@@H](C)NCC=CC#CC(C)(C)C)ccc1F. The Labute approximate surface area is 127 Å². The van der Waals surface area contributed by atoms with Gasteiger partial charge in [0.2, 0.25) is 0 Å². The van der Waals surface area contributed by atoms with Gasteiger partial charge in [0, 0.05) is 18.0 Å². The van der Waals surface area contributed by atoms with E-state index in [1.165, 1.54) is 13.2 Å². The van der Waals surface area contributed by atoms with E-state index in [9.17, 15) is 4.39 Å². The predicted octanol–water partition coefficient (Wildman–Crippen LogP) is 4.09. The summed E-state index contributed by atoms with van der Waals surface area (Å²) < 4.78 is 18.3. The minimum Gasteiger partial charge on any atom is -0.494 e. The van der Waals surface area contributed by atoms with Gasteiger partial charge in [0.15, 0.2) is 11.6 Å². The lowest BCUT2D eigenvalue weighted by molar-refractivity contribution is 0.385. The molecular formula is C18H24FNO. The molecule has 2 nitrogen and oxygen atoms in total. The third-order valence-corrected chi connectivity index (χ3v) is 2.87. The van der Waals surface area contributed by atoms with E-state index in [-0.39, 0.29) is 23.0 Å². The molecule has 0 heterocycles. The molecule has 114 valence electrons. The van der Waals surface area contributed by atoms with Gasteiger partial charge >= 0.3 is 0 Å². The summed E-state index contributed by atoms with van der Waals surface area (Å²) in [6, 6.07) is 5.02. The second-order valence-electron chi connectivity index (χ2n) is 5.95. The van der Waals surface area contributed by atoms with Gasteiger partial charge in [-0.1, -0.05) is 24.0 Å². The Morgan fingerprint density at radius 3 is 2.71 bits per heavy atom. The van der Waals surface area contributed by atoms with Crippen LogP contribution < -0.4 is 10.1 Å². The van der Waals surface area contributed by atoms with Gasteiger partial charge < -0.3 is 10.1 Å². The molecule has 0 radical (unpaired) electrons. The molecule has 1 rings (SSSR count). The predicted molar refractivity (Wildman–Crippen MR) is 85.7 cm³/mol. The van der Waals surface area contributed by atoms with Crippen LogP contribution in [0.2, 0.25) is 0 Å². The zero-order valence-corrected chi connectivity index (χ0v) is 13.5. The summed E-state index contributed by atoms with van der Waals surface area (Å²) in [5.74, 6) is 6.09. The molecule has 0 aromatic heterocycles. The molecule has 1 aromatic rings. The molecule has 0 aliphatic heterocycles. The number of nitrogens with one attached hydrogen (secondary N) is 1. The van der Waals surface area contributed by atoms with Crippen molar-refractivity contribution in [1.82, 2.24) is 5.32 Å². The fraction of sp³-hybridized carbons (Fsp3) is 0.444. The highest BCUT2D eigenvalue weighted by Crippen LogP contribution is 2.22. The van der Waals surface area contributed by atoms with Crippen molar-refractivity contribution in [2.75, 3.05) is 13.7 Å². The molecule has 0 unspecified atom stereocenters. The fourth-order valence-electron chi connectivity index (χ4n) is 1.68. The van der Waals surface area contributed by atoms with E-state index in [4.69, 9.17) is 4.74 Å². The summed E-state index contributed by atoms with van der Waals surface area (Å²) >= 11 is 0. The molecule has 0 saturated carbocycles. The maximum atomic E-state index is 13.3. The van der Waals surface area contributed by atoms with Gasteiger partial charge in [-0.25, -0.2) is 4.39 Å². The normalized spacial score (nSPS) is 12.9. The molecule has 0 aliphatic carbocycles. The zero-order valence-electron chi connectivity index (χ0n) is 13.5. The van der Waals surface area contributed by atoms with Crippen LogP contribution in [0.4, 0.5) is 4.39 Å². The lowest BCUT2D eigenvalue weighted by atomic mass is 9.98.